The van der Waals surface area contributed by atoms with Gasteiger partial charge in [-0.3, -0.25) is 4.99 Å². The number of hydrogen-bond acceptors (Lipinski definition) is 4. The molecular formula is C17H22F3N5S. The van der Waals surface area contributed by atoms with Gasteiger partial charge in [-0.15, -0.1) is 11.3 Å². The van der Waals surface area contributed by atoms with Crippen LogP contribution in [-0.2, 0) is 12.6 Å². The zero-order valence-electron chi connectivity index (χ0n) is 14.4. The number of aliphatic imine (C=N–C) groups is 1. The fourth-order valence-corrected chi connectivity index (χ4v) is 2.87. The van der Waals surface area contributed by atoms with Gasteiger partial charge in [0.2, 0.25) is 0 Å². The van der Waals surface area contributed by atoms with Crippen LogP contribution in [0, 0.1) is 0 Å². The topological polar surface area (TPSA) is 61.3 Å². The molecule has 2 aromatic rings. The Morgan fingerprint density at radius 1 is 1.15 bits per heavy atom. The van der Waals surface area contributed by atoms with Crippen LogP contribution in [-0.4, -0.2) is 37.6 Å². The summed E-state index contributed by atoms with van der Waals surface area (Å²) in [5.41, 5.74) is -0.748. The number of nitrogens with one attached hydrogen (secondary N) is 3. The lowest BCUT2D eigenvalue weighted by Gasteiger charge is -2.12. The molecule has 142 valence electrons. The molecule has 0 bridgehead atoms. The van der Waals surface area contributed by atoms with Gasteiger partial charge in [-0.1, -0.05) is 6.07 Å². The Kier molecular flexibility index (Phi) is 7.71. The molecule has 0 spiro atoms. The summed E-state index contributed by atoms with van der Waals surface area (Å²) in [6.45, 7) is 2.08. The van der Waals surface area contributed by atoms with E-state index in [9.17, 15) is 13.2 Å². The van der Waals surface area contributed by atoms with Gasteiger partial charge in [0.1, 0.15) is 5.82 Å². The molecule has 2 heterocycles. The van der Waals surface area contributed by atoms with Crippen LogP contribution >= 0.6 is 11.3 Å². The molecule has 9 heteroatoms. The van der Waals surface area contributed by atoms with E-state index in [4.69, 9.17) is 0 Å². The summed E-state index contributed by atoms with van der Waals surface area (Å²) in [6, 6.07) is 6.49. The van der Waals surface area contributed by atoms with Gasteiger partial charge in [0.15, 0.2) is 5.96 Å². The largest absolute Gasteiger partial charge is 0.417 e. The molecule has 2 rings (SSSR count). The number of hydrogen-bond donors (Lipinski definition) is 3. The number of rotatable bonds is 8. The second-order valence-electron chi connectivity index (χ2n) is 5.47. The number of guanidine groups is 1. The highest BCUT2D eigenvalue weighted by atomic mass is 32.1. The standard InChI is InChI=1S/C17H22F3N5S/c1-21-16(24-10-7-14-4-2-11-26-14)23-9-3-8-22-15-6-5-13(12-25-15)17(18,19)20/h2,4-6,11-12H,3,7-10H2,1H3,(H,22,25)(H2,21,23,24). The zero-order valence-corrected chi connectivity index (χ0v) is 15.3. The molecule has 0 aliphatic heterocycles. The quantitative estimate of drug-likeness (QED) is 0.370. The van der Waals surface area contributed by atoms with Crippen LogP contribution in [0.4, 0.5) is 19.0 Å². The molecule has 0 atom stereocenters. The van der Waals surface area contributed by atoms with E-state index in [1.807, 2.05) is 6.07 Å². The summed E-state index contributed by atoms with van der Waals surface area (Å²) in [4.78, 5) is 9.25. The zero-order chi connectivity index (χ0) is 18.8. The third kappa shape index (κ3) is 6.91. The Morgan fingerprint density at radius 2 is 1.96 bits per heavy atom. The third-order valence-electron chi connectivity index (χ3n) is 3.51. The van der Waals surface area contributed by atoms with Crippen LogP contribution in [0.5, 0.6) is 0 Å². The highest BCUT2D eigenvalue weighted by Gasteiger charge is 2.30. The van der Waals surface area contributed by atoms with Crippen molar-refractivity contribution in [2.75, 3.05) is 32.0 Å². The molecule has 5 nitrogen and oxygen atoms in total. The summed E-state index contributed by atoms with van der Waals surface area (Å²) in [5.74, 6) is 1.16. The molecule has 0 aliphatic carbocycles. The van der Waals surface area contributed by atoms with E-state index < -0.39 is 11.7 Å². The maximum atomic E-state index is 12.5. The SMILES string of the molecule is CN=C(NCCCNc1ccc(C(F)(F)F)cn1)NCCc1cccs1. The first-order valence-electron chi connectivity index (χ1n) is 8.23. The maximum absolute atomic E-state index is 12.5. The van der Waals surface area contributed by atoms with Crippen LogP contribution in [0.25, 0.3) is 0 Å². The summed E-state index contributed by atoms with van der Waals surface area (Å²) in [5, 5.41) is 11.5. The van der Waals surface area contributed by atoms with Gasteiger partial charge in [-0.2, -0.15) is 13.2 Å². The fourth-order valence-electron chi connectivity index (χ4n) is 2.16. The Hall–Kier alpha value is -2.29. The molecule has 0 fully saturated rings. The minimum Gasteiger partial charge on any atom is -0.370 e. The fraction of sp³-hybridized carbons (Fsp3) is 0.412. The summed E-state index contributed by atoms with van der Waals surface area (Å²) >= 11 is 1.73. The van der Waals surface area contributed by atoms with Crippen LogP contribution in [0.1, 0.15) is 16.9 Å². The van der Waals surface area contributed by atoms with Crippen LogP contribution in [0.2, 0.25) is 0 Å². The summed E-state index contributed by atoms with van der Waals surface area (Å²) < 4.78 is 37.4. The van der Waals surface area contributed by atoms with Gasteiger partial charge in [0, 0.05) is 37.8 Å². The third-order valence-corrected chi connectivity index (χ3v) is 4.45. The second kappa shape index (κ2) is 10.0. The van der Waals surface area contributed by atoms with Crippen molar-refractivity contribution >= 4 is 23.1 Å². The molecule has 0 saturated carbocycles. The van der Waals surface area contributed by atoms with Gasteiger partial charge in [-0.25, -0.2) is 4.98 Å². The van der Waals surface area contributed by atoms with Gasteiger partial charge in [0.25, 0.3) is 0 Å². The van der Waals surface area contributed by atoms with Gasteiger partial charge in [-0.05, 0) is 36.4 Å². The van der Waals surface area contributed by atoms with E-state index in [0.29, 0.717) is 18.9 Å². The van der Waals surface area contributed by atoms with Crippen molar-refractivity contribution in [1.82, 2.24) is 15.6 Å². The van der Waals surface area contributed by atoms with Gasteiger partial charge in [0.05, 0.1) is 5.56 Å². The lowest BCUT2D eigenvalue weighted by molar-refractivity contribution is -0.137. The summed E-state index contributed by atoms with van der Waals surface area (Å²) in [6.07, 6.45) is -1.81. The molecule has 3 N–H and O–H groups in total. The van der Waals surface area contributed by atoms with Crippen molar-refractivity contribution < 1.29 is 13.2 Å². The Balaban J connectivity index is 1.60. The number of pyridine rings is 1. The van der Waals surface area contributed by atoms with E-state index in [1.54, 1.807) is 18.4 Å². The Bertz CT molecular complexity index is 669. The molecule has 0 aromatic carbocycles. The van der Waals surface area contributed by atoms with E-state index in [2.05, 4.69) is 37.4 Å². The molecule has 0 saturated heterocycles. The Labute approximate surface area is 154 Å². The van der Waals surface area contributed by atoms with Crippen LogP contribution in [0.15, 0.2) is 40.8 Å². The molecule has 0 aliphatic rings. The van der Waals surface area contributed by atoms with Crippen molar-refractivity contribution in [3.63, 3.8) is 0 Å². The average Bonchev–Trinajstić information content (AvgIpc) is 3.13. The first-order chi connectivity index (χ1) is 12.5. The Morgan fingerprint density at radius 3 is 2.58 bits per heavy atom. The normalized spacial score (nSPS) is 12.1. The van der Waals surface area contributed by atoms with E-state index in [-0.39, 0.29) is 0 Å². The van der Waals surface area contributed by atoms with E-state index >= 15 is 0 Å². The lowest BCUT2D eigenvalue weighted by atomic mass is 10.3. The van der Waals surface area contributed by atoms with E-state index in [0.717, 1.165) is 37.6 Å². The molecular weight excluding hydrogens is 363 g/mol. The number of thiophene rings is 1. The molecule has 0 unspecified atom stereocenters. The van der Waals surface area contributed by atoms with E-state index in [1.165, 1.54) is 10.9 Å². The molecule has 0 amide bonds. The maximum Gasteiger partial charge on any atom is 0.417 e. The second-order valence-corrected chi connectivity index (χ2v) is 6.50. The molecule has 2 aromatic heterocycles. The lowest BCUT2D eigenvalue weighted by Crippen LogP contribution is -2.39. The average molecular weight is 385 g/mol. The number of nitrogens with zero attached hydrogens (tertiary/aromatic N) is 2. The van der Waals surface area contributed by atoms with Gasteiger partial charge < -0.3 is 16.0 Å². The minimum absolute atomic E-state index is 0.427. The van der Waals surface area contributed by atoms with Crippen molar-refractivity contribution in [3.8, 4) is 0 Å². The number of anilines is 1. The molecule has 0 radical (unpaired) electrons. The van der Waals surface area contributed by atoms with Crippen molar-refractivity contribution in [1.29, 1.82) is 0 Å². The van der Waals surface area contributed by atoms with Crippen molar-refractivity contribution in [2.45, 2.75) is 19.0 Å². The predicted molar refractivity (Wildman–Crippen MR) is 99.7 cm³/mol. The van der Waals surface area contributed by atoms with Crippen LogP contribution < -0.4 is 16.0 Å². The van der Waals surface area contributed by atoms with Crippen molar-refractivity contribution in [3.05, 3.63) is 46.3 Å². The smallest absolute Gasteiger partial charge is 0.370 e. The monoisotopic (exact) mass is 385 g/mol. The first-order valence-corrected chi connectivity index (χ1v) is 9.11. The van der Waals surface area contributed by atoms with Gasteiger partial charge >= 0.3 is 6.18 Å². The highest BCUT2D eigenvalue weighted by Crippen LogP contribution is 2.28. The number of aromatic nitrogens is 1. The van der Waals surface area contributed by atoms with Crippen LogP contribution in [0.3, 0.4) is 0 Å². The first kappa shape index (κ1) is 20.0. The van der Waals surface area contributed by atoms with Crippen molar-refractivity contribution in [2.24, 2.45) is 4.99 Å². The number of alkyl halides is 3. The predicted octanol–water partition coefficient (Wildman–Crippen LogP) is 3.37. The molecule has 26 heavy (non-hydrogen) atoms. The highest BCUT2D eigenvalue weighted by molar-refractivity contribution is 7.09. The minimum atomic E-state index is -4.36. The summed E-state index contributed by atoms with van der Waals surface area (Å²) in [7, 11) is 1.71. The number of halogens is 3.